The molecule has 0 N–H and O–H groups in total. The minimum atomic E-state index is -3.65. The van der Waals surface area contributed by atoms with Crippen LogP contribution in [0.2, 0.25) is 0 Å². The number of nitro groups is 1. The molecule has 2 aromatic rings. The zero-order valence-electron chi connectivity index (χ0n) is 9.36. The first kappa shape index (κ1) is 12.7. The zero-order chi connectivity index (χ0) is 13.3. The molecule has 7 heteroatoms. The van der Waals surface area contributed by atoms with Crippen LogP contribution in [0.4, 0.5) is 5.00 Å². The number of hydrogen-bond donors (Lipinski definition) is 0. The average molecular weight is 283 g/mol. The van der Waals surface area contributed by atoms with E-state index >= 15 is 0 Å². The van der Waals surface area contributed by atoms with Crippen LogP contribution in [0.15, 0.2) is 45.5 Å². The fourth-order valence-electron chi connectivity index (χ4n) is 1.39. The summed E-state index contributed by atoms with van der Waals surface area (Å²) in [7, 11) is -3.65. The van der Waals surface area contributed by atoms with E-state index in [1.54, 1.807) is 12.1 Å². The number of sulfone groups is 1. The highest BCUT2D eigenvalue weighted by Crippen LogP contribution is 2.31. The second kappa shape index (κ2) is 4.51. The number of aryl methyl sites for hydroxylation is 1. The Morgan fingerprint density at radius 2 is 1.72 bits per heavy atom. The molecule has 5 nitrogen and oxygen atoms in total. The van der Waals surface area contributed by atoms with E-state index in [2.05, 4.69) is 0 Å². The maximum Gasteiger partial charge on any atom is 0.325 e. The van der Waals surface area contributed by atoms with Crippen molar-refractivity contribution < 1.29 is 13.3 Å². The summed E-state index contributed by atoms with van der Waals surface area (Å²) in [5.74, 6) is 0. The molecule has 0 spiro atoms. The van der Waals surface area contributed by atoms with Gasteiger partial charge in [0.1, 0.15) is 4.21 Å². The highest BCUT2D eigenvalue weighted by Gasteiger charge is 2.22. The molecule has 0 aliphatic rings. The van der Waals surface area contributed by atoms with Crippen LogP contribution in [-0.4, -0.2) is 13.3 Å². The molecule has 0 unspecified atom stereocenters. The predicted molar refractivity (Wildman–Crippen MR) is 67.6 cm³/mol. The quantitative estimate of drug-likeness (QED) is 0.641. The first-order valence-corrected chi connectivity index (χ1v) is 7.27. The third kappa shape index (κ3) is 2.27. The van der Waals surface area contributed by atoms with E-state index in [1.165, 1.54) is 24.3 Å². The highest BCUT2D eigenvalue weighted by atomic mass is 32.2. The lowest BCUT2D eigenvalue weighted by atomic mass is 10.2. The maximum absolute atomic E-state index is 12.2. The monoisotopic (exact) mass is 283 g/mol. The molecular formula is C11H9NO4S2. The van der Waals surface area contributed by atoms with Gasteiger partial charge in [-0.15, -0.1) is 0 Å². The Labute approximate surface area is 108 Å². The minimum Gasteiger partial charge on any atom is -0.258 e. The minimum absolute atomic E-state index is 0.0157. The molecule has 0 amide bonds. The Kier molecular flexibility index (Phi) is 3.18. The number of hydrogen-bond acceptors (Lipinski definition) is 5. The van der Waals surface area contributed by atoms with E-state index in [-0.39, 0.29) is 14.1 Å². The van der Waals surface area contributed by atoms with E-state index < -0.39 is 14.8 Å². The van der Waals surface area contributed by atoms with Crippen LogP contribution in [0.25, 0.3) is 0 Å². The van der Waals surface area contributed by atoms with Crippen LogP contribution in [0, 0.1) is 17.0 Å². The molecular weight excluding hydrogens is 274 g/mol. The third-order valence-corrected chi connectivity index (χ3v) is 5.64. The number of nitrogens with zero attached hydrogens (tertiary/aromatic N) is 1. The summed E-state index contributed by atoms with van der Waals surface area (Å²) in [6, 6.07) is 8.83. The molecule has 0 radical (unpaired) electrons. The topological polar surface area (TPSA) is 77.3 Å². The Morgan fingerprint density at radius 3 is 2.22 bits per heavy atom. The van der Waals surface area contributed by atoms with Crippen molar-refractivity contribution in [2.24, 2.45) is 0 Å². The van der Waals surface area contributed by atoms with Crippen molar-refractivity contribution in [3.63, 3.8) is 0 Å². The molecule has 0 aliphatic heterocycles. The van der Waals surface area contributed by atoms with Gasteiger partial charge in [0.05, 0.1) is 9.82 Å². The van der Waals surface area contributed by atoms with Gasteiger partial charge in [-0.1, -0.05) is 29.0 Å². The van der Waals surface area contributed by atoms with Gasteiger partial charge >= 0.3 is 5.00 Å². The summed E-state index contributed by atoms with van der Waals surface area (Å²) in [5.41, 5.74) is 0.950. The van der Waals surface area contributed by atoms with Crippen LogP contribution in [0.3, 0.4) is 0 Å². The van der Waals surface area contributed by atoms with E-state index in [4.69, 9.17) is 0 Å². The molecule has 0 bridgehead atoms. The van der Waals surface area contributed by atoms with Crippen LogP contribution in [0.1, 0.15) is 5.56 Å². The van der Waals surface area contributed by atoms with Crippen molar-refractivity contribution in [2.45, 2.75) is 16.0 Å². The molecule has 0 saturated carbocycles. The van der Waals surface area contributed by atoms with E-state index in [0.29, 0.717) is 11.3 Å². The van der Waals surface area contributed by atoms with Crippen LogP contribution < -0.4 is 0 Å². The largest absolute Gasteiger partial charge is 0.325 e. The molecule has 1 aromatic carbocycles. The Hall–Kier alpha value is -1.73. The number of thiophene rings is 1. The summed E-state index contributed by atoms with van der Waals surface area (Å²) in [6.45, 7) is 1.85. The van der Waals surface area contributed by atoms with Crippen molar-refractivity contribution in [3.8, 4) is 0 Å². The van der Waals surface area contributed by atoms with Crippen LogP contribution in [-0.2, 0) is 9.84 Å². The predicted octanol–water partition coefficient (Wildman–Crippen LogP) is 2.80. The molecule has 18 heavy (non-hydrogen) atoms. The molecule has 94 valence electrons. The Balaban J connectivity index is 2.47. The molecule has 1 aromatic heterocycles. The van der Waals surface area contributed by atoms with E-state index in [0.717, 1.165) is 5.56 Å². The molecule has 1 heterocycles. The highest BCUT2D eigenvalue weighted by molar-refractivity contribution is 7.93. The van der Waals surface area contributed by atoms with Gasteiger partial charge in [0.15, 0.2) is 0 Å². The van der Waals surface area contributed by atoms with Gasteiger partial charge in [-0.05, 0) is 25.1 Å². The smallest absolute Gasteiger partial charge is 0.258 e. The van der Waals surface area contributed by atoms with Gasteiger partial charge in [0.25, 0.3) is 0 Å². The molecule has 0 fully saturated rings. The summed E-state index contributed by atoms with van der Waals surface area (Å²) < 4.78 is 24.3. The van der Waals surface area contributed by atoms with Crippen LogP contribution in [0.5, 0.6) is 0 Å². The third-order valence-electron chi connectivity index (χ3n) is 2.34. The lowest BCUT2D eigenvalue weighted by molar-refractivity contribution is -0.380. The zero-order valence-corrected chi connectivity index (χ0v) is 11.0. The summed E-state index contributed by atoms with van der Waals surface area (Å²) in [4.78, 5) is 10.1. The average Bonchev–Trinajstić information content (AvgIpc) is 2.79. The SMILES string of the molecule is Cc1ccc(S(=O)(=O)c2ccc([N+](=O)[O-])s2)cc1. The lowest BCUT2D eigenvalue weighted by Gasteiger charge is -2.01. The first-order valence-electron chi connectivity index (χ1n) is 4.97. The fourth-order valence-corrected chi connectivity index (χ4v) is 3.90. The Bertz CT molecular complexity index is 686. The number of rotatable bonds is 3. The summed E-state index contributed by atoms with van der Waals surface area (Å²) in [5, 5.41) is 10.4. The summed E-state index contributed by atoms with van der Waals surface area (Å²) >= 11 is 0.660. The van der Waals surface area contributed by atoms with Crippen molar-refractivity contribution in [1.29, 1.82) is 0 Å². The van der Waals surface area contributed by atoms with Crippen molar-refractivity contribution in [2.75, 3.05) is 0 Å². The van der Waals surface area contributed by atoms with Crippen molar-refractivity contribution >= 4 is 26.2 Å². The first-order chi connectivity index (χ1) is 8.41. The standard InChI is InChI=1S/C11H9NO4S2/c1-8-2-4-9(5-3-8)18(15,16)11-7-6-10(17-11)12(13)14/h2-7H,1H3. The summed E-state index contributed by atoms with van der Waals surface area (Å²) in [6.07, 6.45) is 0. The van der Waals surface area contributed by atoms with E-state index in [9.17, 15) is 18.5 Å². The van der Waals surface area contributed by atoms with Gasteiger partial charge in [-0.3, -0.25) is 10.1 Å². The Morgan fingerprint density at radius 1 is 1.11 bits per heavy atom. The fraction of sp³-hybridized carbons (Fsp3) is 0.0909. The number of benzene rings is 1. The van der Waals surface area contributed by atoms with Gasteiger partial charge in [-0.2, -0.15) is 0 Å². The van der Waals surface area contributed by atoms with Gasteiger partial charge in [0.2, 0.25) is 9.84 Å². The van der Waals surface area contributed by atoms with Crippen LogP contribution >= 0.6 is 11.3 Å². The second-order valence-electron chi connectivity index (χ2n) is 3.67. The van der Waals surface area contributed by atoms with Gasteiger partial charge < -0.3 is 0 Å². The molecule has 2 rings (SSSR count). The van der Waals surface area contributed by atoms with Crippen molar-refractivity contribution in [3.05, 3.63) is 52.1 Å². The molecule has 0 atom stereocenters. The van der Waals surface area contributed by atoms with Crippen molar-refractivity contribution in [1.82, 2.24) is 0 Å². The van der Waals surface area contributed by atoms with Gasteiger partial charge in [-0.25, -0.2) is 8.42 Å². The molecule has 0 saturated heterocycles. The second-order valence-corrected chi connectivity index (χ2v) is 6.91. The lowest BCUT2D eigenvalue weighted by Crippen LogP contribution is -1.99. The van der Waals surface area contributed by atoms with E-state index in [1.807, 2.05) is 6.92 Å². The van der Waals surface area contributed by atoms with Gasteiger partial charge in [0, 0.05) is 6.07 Å². The molecule has 0 aliphatic carbocycles. The maximum atomic E-state index is 12.2. The normalized spacial score (nSPS) is 11.4.